The van der Waals surface area contributed by atoms with Gasteiger partial charge >= 0.3 is 5.97 Å². The zero-order valence-electron chi connectivity index (χ0n) is 11.2. The number of hydrogen-bond acceptors (Lipinski definition) is 3. The van der Waals surface area contributed by atoms with Crippen LogP contribution in [0.1, 0.15) is 46.5 Å². The predicted octanol–water partition coefficient (Wildman–Crippen LogP) is 1.66. The second-order valence-electron chi connectivity index (χ2n) is 5.84. The summed E-state index contributed by atoms with van der Waals surface area (Å²) in [4.78, 5) is 35.6. The molecule has 0 aliphatic carbocycles. The lowest BCUT2D eigenvalue weighted by Crippen LogP contribution is -2.46. The van der Waals surface area contributed by atoms with E-state index in [-0.39, 0.29) is 17.2 Å². The molecule has 0 spiro atoms. The molecule has 1 saturated heterocycles. The molecule has 18 heavy (non-hydrogen) atoms. The van der Waals surface area contributed by atoms with E-state index in [9.17, 15) is 14.4 Å². The molecular formula is C13H21NO4. The molecule has 5 nitrogen and oxygen atoms in total. The molecular weight excluding hydrogens is 234 g/mol. The van der Waals surface area contributed by atoms with Gasteiger partial charge in [0.15, 0.2) is 0 Å². The number of likely N-dealkylation sites (tertiary alicyclic amines) is 1. The van der Waals surface area contributed by atoms with Crippen molar-refractivity contribution in [2.45, 2.75) is 46.5 Å². The summed E-state index contributed by atoms with van der Waals surface area (Å²) in [5.74, 6) is -1.55. The van der Waals surface area contributed by atoms with E-state index in [4.69, 9.17) is 5.11 Å². The van der Waals surface area contributed by atoms with Crippen LogP contribution in [0, 0.1) is 11.3 Å². The summed E-state index contributed by atoms with van der Waals surface area (Å²) < 4.78 is 0. The molecule has 2 amide bonds. The van der Waals surface area contributed by atoms with Crippen LogP contribution in [-0.4, -0.2) is 34.3 Å². The molecule has 1 aliphatic rings. The number of amides is 2. The number of carboxylic acids is 1. The molecule has 5 heteroatoms. The largest absolute Gasteiger partial charge is 0.481 e. The summed E-state index contributed by atoms with van der Waals surface area (Å²) in [6.07, 6.45) is 1.79. The van der Waals surface area contributed by atoms with E-state index in [0.717, 1.165) is 0 Å². The topological polar surface area (TPSA) is 74.7 Å². The summed E-state index contributed by atoms with van der Waals surface area (Å²) in [6, 6.07) is 0. The first-order valence-corrected chi connectivity index (χ1v) is 6.29. The van der Waals surface area contributed by atoms with Gasteiger partial charge in [-0.3, -0.25) is 19.3 Å². The van der Waals surface area contributed by atoms with Crippen molar-refractivity contribution in [3.05, 3.63) is 0 Å². The smallest absolute Gasteiger partial charge is 0.306 e. The van der Waals surface area contributed by atoms with Crippen molar-refractivity contribution in [3.8, 4) is 0 Å². The number of aliphatic carboxylic acids is 1. The highest BCUT2D eigenvalue weighted by atomic mass is 16.4. The monoisotopic (exact) mass is 255 g/mol. The van der Waals surface area contributed by atoms with Gasteiger partial charge in [0.25, 0.3) is 0 Å². The third-order valence-electron chi connectivity index (χ3n) is 3.30. The van der Waals surface area contributed by atoms with Gasteiger partial charge in [-0.2, -0.15) is 0 Å². The minimum Gasteiger partial charge on any atom is -0.481 e. The van der Waals surface area contributed by atoms with E-state index in [2.05, 4.69) is 0 Å². The third kappa shape index (κ3) is 3.82. The summed E-state index contributed by atoms with van der Waals surface area (Å²) >= 11 is 0. The lowest BCUT2D eigenvalue weighted by Gasteiger charge is -2.34. The molecule has 1 atom stereocenters. The van der Waals surface area contributed by atoms with Gasteiger partial charge in [0.2, 0.25) is 11.8 Å². The van der Waals surface area contributed by atoms with Crippen LogP contribution in [0.4, 0.5) is 0 Å². The molecule has 1 rings (SSSR count). The average molecular weight is 255 g/mol. The first kappa shape index (κ1) is 14.7. The van der Waals surface area contributed by atoms with E-state index >= 15 is 0 Å². The molecule has 0 aromatic heterocycles. The van der Waals surface area contributed by atoms with Crippen molar-refractivity contribution in [2.75, 3.05) is 6.54 Å². The quantitative estimate of drug-likeness (QED) is 0.758. The number of carbonyl (C=O) groups is 3. The zero-order chi connectivity index (χ0) is 13.9. The molecule has 0 saturated carbocycles. The van der Waals surface area contributed by atoms with Gasteiger partial charge < -0.3 is 5.11 Å². The fourth-order valence-electron chi connectivity index (χ4n) is 2.14. The fraction of sp³-hybridized carbons (Fsp3) is 0.769. The van der Waals surface area contributed by atoms with Crippen LogP contribution in [0.2, 0.25) is 0 Å². The Morgan fingerprint density at radius 2 is 1.83 bits per heavy atom. The van der Waals surface area contributed by atoms with Crippen LogP contribution < -0.4 is 0 Å². The van der Waals surface area contributed by atoms with E-state index in [0.29, 0.717) is 32.2 Å². The first-order valence-electron chi connectivity index (χ1n) is 6.29. The molecule has 1 aliphatic heterocycles. The number of hydrogen-bond donors (Lipinski definition) is 1. The number of nitrogens with zero attached hydrogens (tertiary/aromatic N) is 1. The molecule has 0 bridgehead atoms. The lowest BCUT2D eigenvalue weighted by atomic mass is 9.81. The normalized spacial score (nSPS) is 20.9. The van der Waals surface area contributed by atoms with Gasteiger partial charge in [0, 0.05) is 19.4 Å². The van der Waals surface area contributed by atoms with Crippen molar-refractivity contribution in [1.82, 2.24) is 4.90 Å². The number of carbonyl (C=O) groups excluding carboxylic acids is 2. The molecule has 1 unspecified atom stereocenters. The first-order chi connectivity index (χ1) is 8.23. The molecule has 0 aromatic rings. The number of rotatable bonds is 5. The van der Waals surface area contributed by atoms with Gasteiger partial charge in [-0.05, 0) is 18.3 Å². The molecule has 0 radical (unpaired) electrons. The van der Waals surface area contributed by atoms with Gasteiger partial charge in [0.1, 0.15) is 0 Å². The molecule has 0 aromatic carbocycles. The Labute approximate surface area is 107 Å². The Bertz CT molecular complexity index is 342. The standard InChI is InChI=1S/C13H21NO4/c1-9(12(17)18)5-4-6-14-10(15)7-13(2,3)8-11(14)16/h9H,4-8H2,1-3H3,(H,17,18). The van der Waals surface area contributed by atoms with Crippen molar-refractivity contribution in [3.63, 3.8) is 0 Å². The molecule has 1 fully saturated rings. The maximum absolute atomic E-state index is 11.8. The zero-order valence-corrected chi connectivity index (χ0v) is 11.2. The summed E-state index contributed by atoms with van der Waals surface area (Å²) in [6.45, 7) is 5.79. The minimum atomic E-state index is -0.840. The van der Waals surface area contributed by atoms with Crippen LogP contribution in [0.15, 0.2) is 0 Å². The summed E-state index contributed by atoms with van der Waals surface area (Å²) in [7, 11) is 0. The minimum absolute atomic E-state index is 0.140. The van der Waals surface area contributed by atoms with Gasteiger partial charge in [0.05, 0.1) is 5.92 Å². The molecule has 102 valence electrons. The van der Waals surface area contributed by atoms with Crippen LogP contribution in [0.25, 0.3) is 0 Å². The lowest BCUT2D eigenvalue weighted by molar-refractivity contribution is -0.152. The van der Waals surface area contributed by atoms with Crippen LogP contribution in [0.3, 0.4) is 0 Å². The number of carboxylic acid groups (broad SMARTS) is 1. The second kappa shape index (κ2) is 5.50. The SMILES string of the molecule is CC(CCCN1C(=O)CC(C)(C)CC1=O)C(=O)O. The van der Waals surface area contributed by atoms with Crippen LogP contribution in [-0.2, 0) is 14.4 Å². The maximum Gasteiger partial charge on any atom is 0.306 e. The molecule has 1 heterocycles. The average Bonchev–Trinajstić information content (AvgIpc) is 2.19. The highest BCUT2D eigenvalue weighted by Crippen LogP contribution is 2.31. The Hall–Kier alpha value is -1.39. The Morgan fingerprint density at radius 1 is 1.33 bits per heavy atom. The predicted molar refractivity (Wildman–Crippen MR) is 65.8 cm³/mol. The highest BCUT2D eigenvalue weighted by Gasteiger charge is 2.36. The van der Waals surface area contributed by atoms with Crippen LogP contribution >= 0.6 is 0 Å². The highest BCUT2D eigenvalue weighted by molar-refractivity contribution is 5.98. The Balaban J connectivity index is 2.46. The van der Waals surface area contributed by atoms with Gasteiger partial charge in [-0.25, -0.2) is 0 Å². The maximum atomic E-state index is 11.8. The van der Waals surface area contributed by atoms with Crippen LogP contribution in [0.5, 0.6) is 0 Å². The third-order valence-corrected chi connectivity index (χ3v) is 3.30. The van der Waals surface area contributed by atoms with Crippen molar-refractivity contribution in [2.24, 2.45) is 11.3 Å². The van der Waals surface area contributed by atoms with Gasteiger partial charge in [-0.15, -0.1) is 0 Å². The number of imide groups is 1. The van der Waals surface area contributed by atoms with E-state index in [1.807, 2.05) is 13.8 Å². The Morgan fingerprint density at radius 3 is 2.28 bits per heavy atom. The van der Waals surface area contributed by atoms with E-state index < -0.39 is 11.9 Å². The summed E-state index contributed by atoms with van der Waals surface area (Å²) in [5.41, 5.74) is -0.251. The molecule has 1 N–H and O–H groups in total. The fourth-order valence-corrected chi connectivity index (χ4v) is 2.14. The van der Waals surface area contributed by atoms with E-state index in [1.54, 1.807) is 6.92 Å². The van der Waals surface area contributed by atoms with Crippen molar-refractivity contribution in [1.29, 1.82) is 0 Å². The van der Waals surface area contributed by atoms with Gasteiger partial charge in [-0.1, -0.05) is 20.8 Å². The Kier molecular flexibility index (Phi) is 4.48. The summed E-state index contributed by atoms with van der Waals surface area (Å²) in [5, 5.41) is 8.74. The van der Waals surface area contributed by atoms with E-state index in [1.165, 1.54) is 4.90 Å². The van der Waals surface area contributed by atoms with Crippen molar-refractivity contribution >= 4 is 17.8 Å². The van der Waals surface area contributed by atoms with Crippen molar-refractivity contribution < 1.29 is 19.5 Å². The second-order valence-corrected chi connectivity index (χ2v) is 5.84. The number of piperidine rings is 1.